The summed E-state index contributed by atoms with van der Waals surface area (Å²) in [6.07, 6.45) is 0.876. The van der Waals surface area contributed by atoms with Gasteiger partial charge < -0.3 is 5.11 Å². The fourth-order valence-electron chi connectivity index (χ4n) is 2.92. The van der Waals surface area contributed by atoms with Crippen LogP contribution in [-0.4, -0.2) is 20.6 Å². The third-order valence-corrected chi connectivity index (χ3v) is 5.91. The molecule has 0 saturated carbocycles. The topological polar surface area (TPSA) is 92.2 Å². The molecular weight excluding hydrogens is 420 g/mol. The molecule has 2 N–H and O–H groups in total. The Bertz CT molecular complexity index is 1080. The molecule has 0 unspecified atom stereocenters. The van der Waals surface area contributed by atoms with Crippen molar-refractivity contribution in [2.75, 3.05) is 0 Å². The van der Waals surface area contributed by atoms with Crippen molar-refractivity contribution >= 4 is 43.5 Å². The highest BCUT2D eigenvalue weighted by atomic mass is 79.9. The van der Waals surface area contributed by atoms with Crippen molar-refractivity contribution < 1.29 is 9.90 Å². The quantitative estimate of drug-likeness (QED) is 0.617. The second-order valence-corrected chi connectivity index (χ2v) is 7.87. The van der Waals surface area contributed by atoms with Crippen LogP contribution in [0.1, 0.15) is 24.6 Å². The van der Waals surface area contributed by atoms with E-state index in [1.807, 2.05) is 31.2 Å². The first-order chi connectivity index (χ1) is 12.4. The SMILES string of the molecule is CCc1sc2[nH]c(=O)n(CCCC(=O)O)c(=O)c2c1-c1ccc(Br)cc1. The zero-order valence-corrected chi connectivity index (χ0v) is 16.4. The van der Waals surface area contributed by atoms with E-state index in [0.29, 0.717) is 10.2 Å². The molecule has 3 rings (SSSR count). The Morgan fingerprint density at radius 1 is 1.27 bits per heavy atom. The Balaban J connectivity index is 2.20. The second-order valence-electron chi connectivity index (χ2n) is 5.85. The zero-order chi connectivity index (χ0) is 18.8. The lowest BCUT2D eigenvalue weighted by atomic mass is 10.0. The first-order valence-electron chi connectivity index (χ1n) is 8.18. The lowest BCUT2D eigenvalue weighted by molar-refractivity contribution is -0.137. The fraction of sp³-hybridized carbons (Fsp3) is 0.278. The molecule has 1 aromatic carbocycles. The van der Waals surface area contributed by atoms with Crippen LogP contribution in [-0.2, 0) is 17.8 Å². The van der Waals surface area contributed by atoms with Gasteiger partial charge in [0.05, 0.1) is 5.39 Å². The van der Waals surface area contributed by atoms with Crippen LogP contribution in [0.3, 0.4) is 0 Å². The number of carboxylic acid groups (broad SMARTS) is 1. The summed E-state index contributed by atoms with van der Waals surface area (Å²) in [5.74, 6) is -0.949. The van der Waals surface area contributed by atoms with Crippen LogP contribution >= 0.6 is 27.3 Å². The first-order valence-corrected chi connectivity index (χ1v) is 9.79. The van der Waals surface area contributed by atoms with E-state index in [-0.39, 0.29) is 24.9 Å². The number of aryl methyl sites for hydroxylation is 1. The normalized spacial score (nSPS) is 11.2. The average Bonchev–Trinajstić information content (AvgIpc) is 2.96. The third kappa shape index (κ3) is 3.52. The van der Waals surface area contributed by atoms with Gasteiger partial charge in [0.25, 0.3) is 5.56 Å². The van der Waals surface area contributed by atoms with Crippen LogP contribution in [0.15, 0.2) is 38.3 Å². The molecule has 8 heteroatoms. The van der Waals surface area contributed by atoms with E-state index in [1.165, 1.54) is 11.3 Å². The van der Waals surface area contributed by atoms with Crippen molar-refractivity contribution in [3.05, 3.63) is 54.5 Å². The number of aromatic amines is 1. The summed E-state index contributed by atoms with van der Waals surface area (Å²) in [4.78, 5) is 40.4. The first kappa shape index (κ1) is 18.6. The highest BCUT2D eigenvalue weighted by molar-refractivity contribution is 9.10. The number of hydrogen-bond acceptors (Lipinski definition) is 4. The van der Waals surface area contributed by atoms with Gasteiger partial charge in [-0.2, -0.15) is 0 Å². The molecule has 0 saturated heterocycles. The maximum atomic E-state index is 13.0. The molecule has 0 aliphatic heterocycles. The predicted octanol–water partition coefficient (Wildman–Crippen LogP) is 3.61. The van der Waals surface area contributed by atoms with Gasteiger partial charge in [0.1, 0.15) is 4.83 Å². The number of aromatic nitrogens is 2. The number of nitrogens with one attached hydrogen (secondary N) is 1. The maximum Gasteiger partial charge on any atom is 0.329 e. The zero-order valence-electron chi connectivity index (χ0n) is 14.0. The van der Waals surface area contributed by atoms with Crippen molar-refractivity contribution in [3.63, 3.8) is 0 Å². The van der Waals surface area contributed by atoms with E-state index in [2.05, 4.69) is 20.9 Å². The summed E-state index contributed by atoms with van der Waals surface area (Å²) >= 11 is 4.83. The minimum Gasteiger partial charge on any atom is -0.481 e. The smallest absolute Gasteiger partial charge is 0.329 e. The van der Waals surface area contributed by atoms with Crippen LogP contribution in [0.5, 0.6) is 0 Å². The minimum atomic E-state index is -0.949. The molecule has 2 aromatic heterocycles. The molecule has 136 valence electrons. The summed E-state index contributed by atoms with van der Waals surface area (Å²) in [6, 6.07) is 7.69. The Labute approximate surface area is 161 Å². The van der Waals surface area contributed by atoms with Gasteiger partial charge in [0.15, 0.2) is 0 Å². The molecular formula is C18H17BrN2O4S. The Morgan fingerprint density at radius 3 is 2.58 bits per heavy atom. The van der Waals surface area contributed by atoms with Gasteiger partial charge in [0, 0.05) is 27.9 Å². The van der Waals surface area contributed by atoms with Crippen LogP contribution in [0.4, 0.5) is 0 Å². The van der Waals surface area contributed by atoms with Gasteiger partial charge in [-0.1, -0.05) is 35.0 Å². The van der Waals surface area contributed by atoms with Gasteiger partial charge in [-0.25, -0.2) is 4.79 Å². The van der Waals surface area contributed by atoms with Gasteiger partial charge in [-0.15, -0.1) is 11.3 Å². The number of benzene rings is 1. The number of H-pyrrole nitrogens is 1. The van der Waals surface area contributed by atoms with Crippen LogP contribution in [0.2, 0.25) is 0 Å². The van der Waals surface area contributed by atoms with Gasteiger partial charge in [0.2, 0.25) is 0 Å². The molecule has 0 aliphatic carbocycles. The molecule has 0 bridgehead atoms. The van der Waals surface area contributed by atoms with E-state index >= 15 is 0 Å². The molecule has 0 atom stereocenters. The predicted molar refractivity (Wildman–Crippen MR) is 106 cm³/mol. The van der Waals surface area contributed by atoms with E-state index < -0.39 is 11.7 Å². The largest absolute Gasteiger partial charge is 0.481 e. The Kier molecular flexibility index (Phi) is 5.43. The van der Waals surface area contributed by atoms with Gasteiger partial charge in [-0.05, 0) is 30.5 Å². The van der Waals surface area contributed by atoms with Crippen LogP contribution in [0.25, 0.3) is 21.3 Å². The molecule has 3 aromatic rings. The number of thiophene rings is 1. The van der Waals surface area contributed by atoms with E-state index in [0.717, 1.165) is 31.5 Å². The highest BCUT2D eigenvalue weighted by Crippen LogP contribution is 2.36. The highest BCUT2D eigenvalue weighted by Gasteiger charge is 2.19. The minimum absolute atomic E-state index is 0.0769. The van der Waals surface area contributed by atoms with Crippen LogP contribution in [0, 0.1) is 0 Å². The molecule has 0 amide bonds. The van der Waals surface area contributed by atoms with Crippen molar-refractivity contribution in [1.29, 1.82) is 0 Å². The lowest BCUT2D eigenvalue weighted by Crippen LogP contribution is -2.35. The summed E-state index contributed by atoms with van der Waals surface area (Å²) in [7, 11) is 0. The monoisotopic (exact) mass is 436 g/mol. The fourth-order valence-corrected chi connectivity index (χ4v) is 4.33. The number of carboxylic acids is 1. The Morgan fingerprint density at radius 2 is 1.96 bits per heavy atom. The number of aliphatic carboxylic acids is 1. The van der Waals surface area contributed by atoms with Gasteiger partial charge >= 0.3 is 11.7 Å². The van der Waals surface area contributed by atoms with Crippen LogP contribution < -0.4 is 11.2 Å². The molecule has 26 heavy (non-hydrogen) atoms. The number of carbonyl (C=O) groups is 1. The molecule has 0 spiro atoms. The average molecular weight is 437 g/mol. The summed E-state index contributed by atoms with van der Waals surface area (Å²) in [5.41, 5.74) is 0.882. The Hall–Kier alpha value is -2.19. The number of hydrogen-bond donors (Lipinski definition) is 2. The van der Waals surface area contributed by atoms with Crippen molar-refractivity contribution in [2.45, 2.75) is 32.7 Å². The molecule has 6 nitrogen and oxygen atoms in total. The number of rotatable bonds is 6. The standard InChI is InChI=1S/C18H17BrN2O4S/c1-2-12-14(10-5-7-11(19)8-6-10)15-16(26-12)20-18(25)21(17(15)24)9-3-4-13(22)23/h5-8H,2-4,9H2,1H3,(H,20,25)(H,22,23). The molecule has 2 heterocycles. The molecule has 0 fully saturated rings. The number of fused-ring (bicyclic) bond motifs is 1. The molecule has 0 aliphatic rings. The number of nitrogens with zero attached hydrogens (tertiary/aromatic N) is 1. The second kappa shape index (κ2) is 7.59. The third-order valence-electron chi connectivity index (χ3n) is 4.13. The molecule has 0 radical (unpaired) electrons. The van der Waals surface area contributed by atoms with Crippen molar-refractivity contribution in [1.82, 2.24) is 9.55 Å². The lowest BCUT2D eigenvalue weighted by Gasteiger charge is -2.06. The van der Waals surface area contributed by atoms with E-state index in [9.17, 15) is 14.4 Å². The summed E-state index contributed by atoms with van der Waals surface area (Å²) < 4.78 is 2.04. The van der Waals surface area contributed by atoms with Crippen molar-refractivity contribution in [3.8, 4) is 11.1 Å². The van der Waals surface area contributed by atoms with Gasteiger partial charge in [-0.3, -0.25) is 19.1 Å². The van der Waals surface area contributed by atoms with E-state index in [4.69, 9.17) is 5.11 Å². The van der Waals surface area contributed by atoms with E-state index in [1.54, 1.807) is 0 Å². The van der Waals surface area contributed by atoms with Crippen molar-refractivity contribution in [2.24, 2.45) is 0 Å². The number of halogens is 1. The summed E-state index contributed by atoms with van der Waals surface area (Å²) in [5, 5.41) is 9.27. The maximum absolute atomic E-state index is 13.0. The summed E-state index contributed by atoms with van der Waals surface area (Å²) in [6.45, 7) is 2.09.